The molecule has 5 heteroatoms. The van der Waals surface area contributed by atoms with Crippen molar-refractivity contribution < 1.29 is 0 Å². The average molecular weight is 121 g/mol. The van der Waals surface area contributed by atoms with E-state index in [0.29, 0.717) is 0 Å². The highest BCUT2D eigenvalue weighted by atomic mass is 32.4. The van der Waals surface area contributed by atoms with Gasteiger partial charge < -0.3 is 0 Å². The van der Waals surface area contributed by atoms with Crippen LogP contribution in [0.5, 0.6) is 0 Å². The van der Waals surface area contributed by atoms with Crippen molar-refractivity contribution in [2.45, 2.75) is 0 Å². The second-order valence-electron chi connectivity index (χ2n) is 0.809. The number of hydrogen-bond acceptors (Lipinski definition) is 2. The van der Waals surface area contributed by atoms with Crippen LogP contribution in [0.1, 0.15) is 0 Å². The molecule has 0 atom stereocenters. The second-order valence-corrected chi connectivity index (χ2v) is 4.24. The van der Waals surface area contributed by atoms with Crippen LogP contribution in [0.4, 0.5) is 0 Å². The van der Waals surface area contributed by atoms with Gasteiger partial charge in [0.25, 0.3) is 0 Å². The fourth-order valence-corrected chi connectivity index (χ4v) is 0. The smallest absolute Gasteiger partial charge is 0.166 e. The molecular formula is CH4N3PS. The van der Waals surface area contributed by atoms with E-state index < -0.39 is 6.34 Å². The Bertz CT molecular complexity index is 117. The monoisotopic (exact) mass is 121 g/mol. The third kappa shape index (κ3) is 4.06. The van der Waals surface area contributed by atoms with Crippen LogP contribution in [0.2, 0.25) is 0 Å². The molecule has 0 aliphatic carbocycles. The molecule has 34 valence electrons. The highest BCUT2D eigenvalue weighted by Gasteiger charge is 1.93. The molecule has 0 aromatic carbocycles. The quantitative estimate of drug-likeness (QED) is 0.431. The van der Waals surface area contributed by atoms with E-state index in [0.717, 1.165) is 0 Å². The Hall–Kier alpha value is 0.0600. The van der Waals surface area contributed by atoms with Crippen LogP contribution in [0.25, 0.3) is 0 Å². The maximum atomic E-state index is 7.85. The number of nitrogens with zero attached hydrogens (tertiary/aromatic N) is 1. The van der Waals surface area contributed by atoms with Gasteiger partial charge in [-0.05, 0) is 11.8 Å². The summed E-state index contributed by atoms with van der Waals surface area (Å²) in [4.78, 5) is 0. The molecule has 0 saturated heterocycles. The summed E-state index contributed by atoms with van der Waals surface area (Å²) >= 11 is 4.29. The lowest BCUT2D eigenvalue weighted by molar-refractivity contribution is 1.55. The third-order valence-corrected chi connectivity index (χ3v) is 0.714. The fraction of sp³-hybridized carbons (Fsp3) is 0. The zero-order valence-electron chi connectivity index (χ0n) is 2.96. The van der Waals surface area contributed by atoms with E-state index in [-0.39, 0.29) is 0 Å². The Morgan fingerprint density at radius 1 is 1.67 bits per heavy atom. The summed E-state index contributed by atoms with van der Waals surface area (Å²) in [7, 11) is 0. The van der Waals surface area contributed by atoms with Gasteiger partial charge in [0, 0.05) is 0 Å². The first-order valence-electron chi connectivity index (χ1n) is 1.15. The van der Waals surface area contributed by atoms with Crippen molar-refractivity contribution in [3.8, 4) is 5.81 Å². The molecule has 0 radical (unpaired) electrons. The second kappa shape index (κ2) is 1.67. The van der Waals surface area contributed by atoms with Gasteiger partial charge in [-0.3, -0.25) is 11.0 Å². The van der Waals surface area contributed by atoms with Gasteiger partial charge in [-0.1, -0.05) is 0 Å². The van der Waals surface area contributed by atoms with Crippen LogP contribution >= 0.6 is 6.34 Å². The summed E-state index contributed by atoms with van der Waals surface area (Å²) < 4.78 is 0. The maximum Gasteiger partial charge on any atom is 0.166 e. The highest BCUT2D eigenvalue weighted by Crippen LogP contribution is 2.20. The topological polar surface area (TPSA) is 75.8 Å². The predicted molar refractivity (Wildman–Crippen MR) is 28.3 cm³/mol. The highest BCUT2D eigenvalue weighted by molar-refractivity contribution is 8.14. The first-order chi connectivity index (χ1) is 2.56. The molecular weight excluding hydrogens is 117 g/mol. The molecule has 0 aromatic heterocycles. The fourth-order valence-electron chi connectivity index (χ4n) is 0. The summed E-state index contributed by atoms with van der Waals surface area (Å²) in [6.07, 6.45) is -2.51. The van der Waals surface area contributed by atoms with Crippen LogP contribution in [-0.4, -0.2) is 0 Å². The Balaban J connectivity index is 3.94. The first-order valence-corrected chi connectivity index (χ1v) is 4.09. The van der Waals surface area contributed by atoms with E-state index in [1.807, 2.05) is 0 Å². The number of nitrogens with two attached hydrogens (primary N) is 2. The number of hydrogen-bond donors (Lipinski definition) is 2. The van der Waals surface area contributed by atoms with Gasteiger partial charge in [-0.2, -0.15) is 5.26 Å². The van der Waals surface area contributed by atoms with Crippen molar-refractivity contribution in [2.75, 3.05) is 0 Å². The van der Waals surface area contributed by atoms with E-state index in [1.54, 1.807) is 5.81 Å². The largest absolute Gasteiger partial charge is 0.280 e. The molecule has 0 aromatic rings. The Morgan fingerprint density at radius 3 is 1.83 bits per heavy atom. The van der Waals surface area contributed by atoms with Crippen molar-refractivity contribution >= 4 is 18.1 Å². The van der Waals surface area contributed by atoms with Crippen molar-refractivity contribution in [1.29, 1.82) is 5.26 Å². The van der Waals surface area contributed by atoms with Crippen LogP contribution in [0.3, 0.4) is 0 Å². The molecule has 0 heterocycles. The van der Waals surface area contributed by atoms with Crippen molar-refractivity contribution in [3.05, 3.63) is 0 Å². The maximum absolute atomic E-state index is 7.85. The molecule has 0 saturated carbocycles. The third-order valence-electron chi connectivity index (χ3n) is 0.156. The Labute approximate surface area is 41.0 Å². The van der Waals surface area contributed by atoms with Gasteiger partial charge in [-0.25, -0.2) is 0 Å². The van der Waals surface area contributed by atoms with Crippen molar-refractivity contribution in [1.82, 2.24) is 0 Å². The predicted octanol–water partition coefficient (Wildman–Crippen LogP) is -0.306. The van der Waals surface area contributed by atoms with Gasteiger partial charge in [0.05, 0.1) is 0 Å². The van der Waals surface area contributed by atoms with Gasteiger partial charge in [0.15, 0.2) is 6.34 Å². The lowest BCUT2D eigenvalue weighted by Crippen LogP contribution is -1.99. The molecule has 0 aliphatic rings. The van der Waals surface area contributed by atoms with E-state index in [1.165, 1.54) is 0 Å². The van der Waals surface area contributed by atoms with E-state index >= 15 is 0 Å². The lowest BCUT2D eigenvalue weighted by Gasteiger charge is -1.89. The molecule has 0 unspecified atom stereocenters. The van der Waals surface area contributed by atoms with Crippen molar-refractivity contribution in [2.24, 2.45) is 11.0 Å². The molecule has 0 rings (SSSR count). The zero-order valence-corrected chi connectivity index (χ0v) is 4.67. The van der Waals surface area contributed by atoms with Gasteiger partial charge in [0.1, 0.15) is 5.81 Å². The van der Waals surface area contributed by atoms with E-state index in [4.69, 9.17) is 16.3 Å². The molecule has 0 spiro atoms. The van der Waals surface area contributed by atoms with E-state index in [9.17, 15) is 0 Å². The van der Waals surface area contributed by atoms with Crippen LogP contribution in [-0.2, 0) is 11.8 Å². The van der Waals surface area contributed by atoms with Crippen LogP contribution in [0.15, 0.2) is 0 Å². The molecule has 0 fully saturated rings. The van der Waals surface area contributed by atoms with Crippen molar-refractivity contribution in [3.63, 3.8) is 0 Å². The molecule has 0 bridgehead atoms. The minimum absolute atomic E-state index is 1.59. The van der Waals surface area contributed by atoms with Gasteiger partial charge in [-0.15, -0.1) is 0 Å². The summed E-state index contributed by atoms with van der Waals surface area (Å²) in [6.45, 7) is 0. The number of nitriles is 1. The summed E-state index contributed by atoms with van der Waals surface area (Å²) in [5.41, 5.74) is 9.75. The van der Waals surface area contributed by atoms with Gasteiger partial charge in [0.2, 0.25) is 0 Å². The molecule has 0 amide bonds. The van der Waals surface area contributed by atoms with E-state index in [2.05, 4.69) is 11.8 Å². The zero-order chi connectivity index (χ0) is 5.21. The molecule has 0 aliphatic heterocycles. The minimum Gasteiger partial charge on any atom is -0.280 e. The SMILES string of the molecule is N#CP(N)(N)=S. The normalized spacial score (nSPS) is 10.2. The van der Waals surface area contributed by atoms with Gasteiger partial charge >= 0.3 is 0 Å². The molecule has 4 N–H and O–H groups in total. The Kier molecular flexibility index (Phi) is 1.69. The first kappa shape index (κ1) is 6.06. The molecule has 3 nitrogen and oxygen atoms in total. The summed E-state index contributed by atoms with van der Waals surface area (Å²) in [5.74, 6) is 1.59. The molecule has 6 heavy (non-hydrogen) atoms. The standard InChI is InChI=1S/CH4N3PS/c2-1-5(3,4)6/h(H4,3,4,6). The van der Waals surface area contributed by atoms with Crippen LogP contribution in [0, 0.1) is 11.1 Å². The summed E-state index contributed by atoms with van der Waals surface area (Å²) in [6, 6.07) is 0. The average Bonchev–Trinajstić information content (AvgIpc) is 1.35. The number of rotatable bonds is 0. The Morgan fingerprint density at radius 2 is 1.83 bits per heavy atom. The van der Waals surface area contributed by atoms with Crippen LogP contribution < -0.4 is 11.0 Å². The summed E-state index contributed by atoms with van der Waals surface area (Å²) in [5, 5.41) is 7.85. The minimum atomic E-state index is -2.51. The lowest BCUT2D eigenvalue weighted by atomic mass is 11.8.